The van der Waals surface area contributed by atoms with E-state index in [2.05, 4.69) is 10.6 Å². The monoisotopic (exact) mass is 537 g/mol. The Morgan fingerprint density at radius 2 is 1.59 bits per heavy atom. The van der Waals surface area contributed by atoms with Crippen molar-refractivity contribution in [2.24, 2.45) is 5.92 Å². The van der Waals surface area contributed by atoms with Crippen molar-refractivity contribution in [3.63, 3.8) is 0 Å². The topological polar surface area (TPSA) is 87.7 Å². The van der Waals surface area contributed by atoms with Gasteiger partial charge in [-0.2, -0.15) is 0 Å². The number of alkyl carbamates (subject to hydrolysis) is 1. The molecule has 0 bridgehead atoms. The summed E-state index contributed by atoms with van der Waals surface area (Å²) >= 11 is 0. The number of ether oxygens (including phenoxy) is 1. The maximum atomic E-state index is 14.3. The van der Waals surface area contributed by atoms with Gasteiger partial charge in [-0.1, -0.05) is 69.3 Å². The molecule has 0 radical (unpaired) electrons. The molecule has 7 nitrogen and oxygen atoms in total. The van der Waals surface area contributed by atoms with Crippen LogP contribution >= 0.6 is 0 Å². The highest BCUT2D eigenvalue weighted by Crippen LogP contribution is 2.28. The first kappa shape index (κ1) is 31.9. The summed E-state index contributed by atoms with van der Waals surface area (Å²) < 4.78 is 5.48. The average Bonchev–Trinajstić information content (AvgIpc) is 2.85. The van der Waals surface area contributed by atoms with Gasteiger partial charge in [0.25, 0.3) is 0 Å². The molecular weight excluding hydrogens is 490 g/mol. The Hall–Kier alpha value is -3.35. The van der Waals surface area contributed by atoms with E-state index in [0.29, 0.717) is 19.4 Å². The zero-order valence-electron chi connectivity index (χ0n) is 25.1. The van der Waals surface area contributed by atoms with Gasteiger partial charge in [-0.3, -0.25) is 9.59 Å². The van der Waals surface area contributed by atoms with E-state index < -0.39 is 23.8 Å². The van der Waals surface area contributed by atoms with Crippen LogP contribution in [0.25, 0.3) is 0 Å². The largest absolute Gasteiger partial charge is 0.444 e. The quantitative estimate of drug-likeness (QED) is 0.356. The van der Waals surface area contributed by atoms with Gasteiger partial charge in [0, 0.05) is 12.6 Å². The Morgan fingerprint density at radius 1 is 0.949 bits per heavy atom. The summed E-state index contributed by atoms with van der Waals surface area (Å²) in [4.78, 5) is 42.6. The number of benzene rings is 2. The molecule has 0 aliphatic rings. The molecule has 3 atom stereocenters. The minimum absolute atomic E-state index is 0.125. The Balaban J connectivity index is 2.53. The number of rotatable bonds is 11. The first-order valence-electron chi connectivity index (χ1n) is 13.9. The Labute approximate surface area is 234 Å². The van der Waals surface area contributed by atoms with Crippen molar-refractivity contribution in [1.29, 1.82) is 0 Å². The molecule has 0 aliphatic heterocycles. The number of carbonyl (C=O) groups excluding carboxylic acids is 3. The molecule has 7 heteroatoms. The molecule has 0 aromatic heterocycles. The summed E-state index contributed by atoms with van der Waals surface area (Å²) in [5.41, 5.74) is 3.14. The SMILES string of the molecule is CCC(C)N(C(=O)C(CC(C)C)NC(=O)OC(C)(C)C)C(C(=O)NCc1ccccc1)c1ccc(C)c(C)c1. The lowest BCUT2D eigenvalue weighted by Crippen LogP contribution is -2.55. The molecule has 2 aromatic carbocycles. The van der Waals surface area contributed by atoms with Crippen LogP contribution in [0.2, 0.25) is 0 Å². The van der Waals surface area contributed by atoms with E-state index in [1.165, 1.54) is 0 Å². The smallest absolute Gasteiger partial charge is 0.408 e. The van der Waals surface area contributed by atoms with Crippen LogP contribution in [0.5, 0.6) is 0 Å². The molecule has 0 heterocycles. The third-order valence-electron chi connectivity index (χ3n) is 6.70. The maximum Gasteiger partial charge on any atom is 0.408 e. The van der Waals surface area contributed by atoms with Gasteiger partial charge in [0.05, 0.1) is 0 Å². The van der Waals surface area contributed by atoms with E-state index in [4.69, 9.17) is 4.74 Å². The van der Waals surface area contributed by atoms with Crippen LogP contribution in [0.3, 0.4) is 0 Å². The van der Waals surface area contributed by atoms with Crippen molar-refractivity contribution in [2.75, 3.05) is 0 Å². The van der Waals surface area contributed by atoms with E-state index in [9.17, 15) is 14.4 Å². The second-order valence-electron chi connectivity index (χ2n) is 11.8. The van der Waals surface area contributed by atoms with E-state index in [-0.39, 0.29) is 23.8 Å². The number of nitrogens with one attached hydrogen (secondary N) is 2. The molecule has 2 aromatic rings. The van der Waals surface area contributed by atoms with Crippen molar-refractivity contribution >= 4 is 17.9 Å². The van der Waals surface area contributed by atoms with Crippen molar-refractivity contribution in [1.82, 2.24) is 15.5 Å². The lowest BCUT2D eigenvalue weighted by molar-refractivity contribution is -0.145. The summed E-state index contributed by atoms with van der Waals surface area (Å²) in [6, 6.07) is 13.6. The molecular formula is C32H47N3O4. The van der Waals surface area contributed by atoms with Gasteiger partial charge in [0.2, 0.25) is 11.8 Å². The van der Waals surface area contributed by atoms with Crippen LogP contribution in [0.4, 0.5) is 4.79 Å². The first-order chi connectivity index (χ1) is 18.2. The standard InChI is InChI=1S/C32H47N3O4/c1-10-24(6)35(30(37)27(18-21(2)3)34-31(38)39-32(7,8)9)28(26-17-16-22(4)23(5)19-26)29(36)33-20-25-14-12-11-13-15-25/h11-17,19,21,24,27-28H,10,18,20H2,1-9H3,(H,33,36)(H,34,38). The molecule has 0 fully saturated rings. The number of aryl methyl sites for hydroxylation is 2. The molecule has 0 aliphatic carbocycles. The van der Waals surface area contributed by atoms with Crippen molar-refractivity contribution < 1.29 is 19.1 Å². The Kier molecular flexibility index (Phi) is 11.6. The minimum Gasteiger partial charge on any atom is -0.444 e. The highest BCUT2D eigenvalue weighted by atomic mass is 16.6. The zero-order chi connectivity index (χ0) is 29.3. The van der Waals surface area contributed by atoms with Gasteiger partial charge < -0.3 is 20.3 Å². The highest BCUT2D eigenvalue weighted by molar-refractivity contribution is 5.92. The second kappa shape index (κ2) is 14.2. The van der Waals surface area contributed by atoms with E-state index >= 15 is 0 Å². The van der Waals surface area contributed by atoms with Gasteiger partial charge in [-0.05, 0) is 82.6 Å². The molecule has 39 heavy (non-hydrogen) atoms. The molecule has 2 rings (SSSR count). The van der Waals surface area contributed by atoms with Crippen LogP contribution in [-0.4, -0.2) is 40.5 Å². The van der Waals surface area contributed by atoms with Gasteiger partial charge in [-0.15, -0.1) is 0 Å². The molecule has 0 saturated carbocycles. The van der Waals surface area contributed by atoms with Crippen LogP contribution in [0.1, 0.15) is 89.6 Å². The van der Waals surface area contributed by atoms with Crippen molar-refractivity contribution in [3.05, 3.63) is 70.8 Å². The van der Waals surface area contributed by atoms with Gasteiger partial charge in [0.15, 0.2) is 0 Å². The number of hydrogen-bond donors (Lipinski definition) is 2. The van der Waals surface area contributed by atoms with Gasteiger partial charge in [0.1, 0.15) is 17.7 Å². The fraction of sp³-hybridized carbons (Fsp3) is 0.531. The first-order valence-corrected chi connectivity index (χ1v) is 13.9. The minimum atomic E-state index is -0.870. The van der Waals surface area contributed by atoms with Gasteiger partial charge >= 0.3 is 6.09 Å². The Bertz CT molecular complexity index is 1110. The summed E-state index contributed by atoms with van der Waals surface area (Å²) in [6.45, 7) is 17.6. The molecule has 3 unspecified atom stereocenters. The summed E-state index contributed by atoms with van der Waals surface area (Å²) in [5.74, 6) is -0.446. The highest BCUT2D eigenvalue weighted by Gasteiger charge is 2.38. The third-order valence-corrected chi connectivity index (χ3v) is 6.70. The maximum absolute atomic E-state index is 14.3. The van der Waals surface area contributed by atoms with Crippen LogP contribution in [0.15, 0.2) is 48.5 Å². The molecule has 0 spiro atoms. The van der Waals surface area contributed by atoms with Crippen LogP contribution < -0.4 is 10.6 Å². The summed E-state index contributed by atoms with van der Waals surface area (Å²) in [7, 11) is 0. The normalized spacial score (nSPS) is 13.8. The number of carbonyl (C=O) groups is 3. The van der Waals surface area contributed by atoms with E-state index in [1.54, 1.807) is 25.7 Å². The lowest BCUT2D eigenvalue weighted by atomic mass is 9.95. The van der Waals surface area contributed by atoms with Crippen LogP contribution in [-0.2, 0) is 20.9 Å². The number of amides is 3. The lowest BCUT2D eigenvalue weighted by Gasteiger charge is -2.38. The van der Waals surface area contributed by atoms with Crippen LogP contribution in [0, 0.1) is 19.8 Å². The average molecular weight is 538 g/mol. The summed E-state index contributed by atoms with van der Waals surface area (Å²) in [5, 5.41) is 5.86. The molecule has 0 saturated heterocycles. The predicted octanol–water partition coefficient (Wildman–Crippen LogP) is 6.23. The summed E-state index contributed by atoms with van der Waals surface area (Å²) in [6.07, 6.45) is 0.401. The van der Waals surface area contributed by atoms with Crippen molar-refractivity contribution in [3.8, 4) is 0 Å². The van der Waals surface area contributed by atoms with Gasteiger partial charge in [-0.25, -0.2) is 4.79 Å². The molecule has 3 amide bonds. The Morgan fingerprint density at radius 3 is 2.13 bits per heavy atom. The zero-order valence-corrected chi connectivity index (χ0v) is 25.1. The van der Waals surface area contributed by atoms with E-state index in [1.807, 2.05) is 90.1 Å². The molecule has 214 valence electrons. The van der Waals surface area contributed by atoms with E-state index in [0.717, 1.165) is 22.3 Å². The second-order valence-corrected chi connectivity index (χ2v) is 11.8. The predicted molar refractivity (Wildman–Crippen MR) is 156 cm³/mol. The number of nitrogens with zero attached hydrogens (tertiary/aromatic N) is 1. The molecule has 2 N–H and O–H groups in total. The fourth-order valence-corrected chi connectivity index (χ4v) is 4.37. The number of hydrogen-bond acceptors (Lipinski definition) is 4. The van der Waals surface area contributed by atoms with Crippen molar-refractivity contribution in [2.45, 2.75) is 105 Å². The fourth-order valence-electron chi connectivity index (χ4n) is 4.37. The third kappa shape index (κ3) is 9.72.